The molecule has 0 saturated carbocycles. The van der Waals surface area contributed by atoms with Crippen molar-refractivity contribution in [2.45, 2.75) is 25.3 Å². The van der Waals surface area contributed by atoms with Crippen LogP contribution in [0.1, 0.15) is 19.3 Å². The van der Waals surface area contributed by atoms with Crippen molar-refractivity contribution in [3.05, 3.63) is 53.1 Å². The smallest absolute Gasteiger partial charge is 0.315 e. The first-order chi connectivity index (χ1) is 14.2. The highest BCUT2D eigenvalue weighted by Crippen LogP contribution is 2.26. The van der Waals surface area contributed by atoms with Crippen LogP contribution in [-0.4, -0.2) is 49.8 Å². The van der Waals surface area contributed by atoms with E-state index in [1.165, 1.54) is 5.69 Å². The number of carbonyl (C=O) groups is 1. The molecule has 2 saturated heterocycles. The Hall–Kier alpha value is -2.28. The van der Waals surface area contributed by atoms with Gasteiger partial charge in [0, 0.05) is 55.1 Å². The molecule has 1 aromatic heterocycles. The number of carbonyl (C=O) groups excluding carboxylic acids is 1. The zero-order valence-corrected chi connectivity index (χ0v) is 18.1. The molecule has 2 aromatic rings. The van der Waals surface area contributed by atoms with E-state index in [2.05, 4.69) is 59.5 Å². The summed E-state index contributed by atoms with van der Waals surface area (Å²) in [7, 11) is 0. The molecule has 6 nitrogen and oxygen atoms in total. The highest BCUT2D eigenvalue weighted by atomic mass is 79.9. The van der Waals surface area contributed by atoms with Crippen LogP contribution in [0.4, 0.5) is 16.3 Å². The Bertz CT molecular complexity index is 810. The van der Waals surface area contributed by atoms with Gasteiger partial charge in [-0.1, -0.05) is 28.1 Å². The van der Waals surface area contributed by atoms with E-state index in [0.29, 0.717) is 5.92 Å². The first-order valence-corrected chi connectivity index (χ1v) is 11.2. The van der Waals surface area contributed by atoms with Gasteiger partial charge in [0.05, 0.1) is 0 Å². The summed E-state index contributed by atoms with van der Waals surface area (Å²) in [5.74, 6) is 1.51. The van der Waals surface area contributed by atoms with Crippen molar-refractivity contribution in [1.82, 2.24) is 15.6 Å². The molecule has 2 aliphatic rings. The van der Waals surface area contributed by atoms with Gasteiger partial charge >= 0.3 is 6.03 Å². The molecule has 29 heavy (non-hydrogen) atoms. The summed E-state index contributed by atoms with van der Waals surface area (Å²) in [5.41, 5.74) is 1.24. The van der Waals surface area contributed by atoms with Crippen LogP contribution in [-0.2, 0) is 0 Å². The third kappa shape index (κ3) is 5.41. The Morgan fingerprint density at radius 2 is 1.90 bits per heavy atom. The minimum absolute atomic E-state index is 0.0396. The van der Waals surface area contributed by atoms with Gasteiger partial charge in [-0.05, 0) is 55.5 Å². The predicted octanol–water partition coefficient (Wildman–Crippen LogP) is 3.64. The van der Waals surface area contributed by atoms with Crippen molar-refractivity contribution in [2.75, 3.05) is 42.5 Å². The fraction of sp³-hybridized carbons (Fsp3) is 0.455. The number of hydrogen-bond acceptors (Lipinski definition) is 4. The fourth-order valence-corrected chi connectivity index (χ4v) is 4.56. The van der Waals surface area contributed by atoms with Crippen molar-refractivity contribution in [2.24, 2.45) is 5.92 Å². The molecule has 3 heterocycles. The van der Waals surface area contributed by atoms with E-state index in [9.17, 15) is 4.79 Å². The molecule has 0 radical (unpaired) electrons. The number of benzene rings is 1. The van der Waals surface area contributed by atoms with Crippen LogP contribution < -0.4 is 20.4 Å². The lowest BCUT2D eigenvalue weighted by molar-refractivity contribution is 0.233. The first kappa shape index (κ1) is 20.0. The normalized spacial score (nSPS) is 20.0. The molecule has 2 amide bonds. The van der Waals surface area contributed by atoms with Gasteiger partial charge in [0.15, 0.2) is 0 Å². The van der Waals surface area contributed by atoms with Crippen molar-refractivity contribution >= 4 is 33.5 Å². The molecule has 1 aromatic carbocycles. The molecule has 1 atom stereocenters. The number of halogens is 1. The molecule has 154 valence electrons. The third-order valence-corrected chi connectivity index (χ3v) is 6.31. The van der Waals surface area contributed by atoms with Crippen LogP contribution in [0, 0.1) is 5.92 Å². The minimum Gasteiger partial charge on any atom is -0.371 e. The number of anilines is 2. The Morgan fingerprint density at radius 3 is 2.66 bits per heavy atom. The van der Waals surface area contributed by atoms with Crippen LogP contribution in [0.5, 0.6) is 0 Å². The van der Waals surface area contributed by atoms with Gasteiger partial charge in [0.1, 0.15) is 5.82 Å². The van der Waals surface area contributed by atoms with E-state index in [1.54, 1.807) is 0 Å². The Morgan fingerprint density at radius 1 is 1.07 bits per heavy atom. The van der Waals surface area contributed by atoms with E-state index in [4.69, 9.17) is 0 Å². The third-order valence-electron chi connectivity index (χ3n) is 5.81. The molecular weight excluding hydrogens is 430 g/mol. The number of urea groups is 1. The van der Waals surface area contributed by atoms with Crippen LogP contribution in [0.2, 0.25) is 0 Å². The zero-order chi connectivity index (χ0) is 20.1. The standard InChI is InChI=1S/C22H28BrN5O/c23-18-4-3-5-20(14-18)28-11-7-17(16-28)15-25-22(29)26-19-8-12-27(13-9-19)21-6-1-2-10-24-21/h1-6,10,14,17,19H,7-9,11-13,15-16H2,(H2,25,26,29). The maximum absolute atomic E-state index is 12.3. The summed E-state index contributed by atoms with van der Waals surface area (Å²) in [6.45, 7) is 4.59. The number of piperidine rings is 1. The van der Waals surface area contributed by atoms with Crippen LogP contribution in [0.3, 0.4) is 0 Å². The van der Waals surface area contributed by atoms with Crippen LogP contribution in [0.25, 0.3) is 0 Å². The molecule has 0 aliphatic carbocycles. The van der Waals surface area contributed by atoms with Crippen molar-refractivity contribution in [3.63, 3.8) is 0 Å². The Balaban J connectivity index is 1.17. The van der Waals surface area contributed by atoms with Gasteiger partial charge in [-0.25, -0.2) is 9.78 Å². The van der Waals surface area contributed by atoms with Gasteiger partial charge in [0.2, 0.25) is 0 Å². The van der Waals surface area contributed by atoms with E-state index in [0.717, 1.165) is 62.3 Å². The number of amides is 2. The second-order valence-electron chi connectivity index (χ2n) is 7.88. The van der Waals surface area contributed by atoms with Gasteiger partial charge < -0.3 is 20.4 Å². The van der Waals surface area contributed by atoms with Crippen molar-refractivity contribution in [1.29, 1.82) is 0 Å². The lowest BCUT2D eigenvalue weighted by Crippen LogP contribution is -2.48. The first-order valence-electron chi connectivity index (χ1n) is 10.4. The van der Waals surface area contributed by atoms with Gasteiger partial charge in [-0.15, -0.1) is 0 Å². The maximum Gasteiger partial charge on any atom is 0.315 e. The topological polar surface area (TPSA) is 60.5 Å². The monoisotopic (exact) mass is 457 g/mol. The molecular formula is C22H28BrN5O. The Labute approximate surface area is 180 Å². The zero-order valence-electron chi connectivity index (χ0n) is 16.6. The summed E-state index contributed by atoms with van der Waals surface area (Å²) >= 11 is 3.54. The molecule has 0 spiro atoms. The van der Waals surface area contributed by atoms with E-state index in [1.807, 2.05) is 30.5 Å². The quantitative estimate of drug-likeness (QED) is 0.719. The predicted molar refractivity (Wildman–Crippen MR) is 120 cm³/mol. The number of nitrogens with one attached hydrogen (secondary N) is 2. The molecule has 2 N–H and O–H groups in total. The number of pyridine rings is 1. The molecule has 0 bridgehead atoms. The van der Waals surface area contributed by atoms with Crippen LogP contribution >= 0.6 is 15.9 Å². The lowest BCUT2D eigenvalue weighted by Gasteiger charge is -2.33. The molecule has 7 heteroatoms. The number of aromatic nitrogens is 1. The van der Waals surface area contributed by atoms with Gasteiger partial charge in [0.25, 0.3) is 0 Å². The Kier molecular flexibility index (Phi) is 6.54. The minimum atomic E-state index is -0.0396. The molecule has 4 rings (SSSR count). The average Bonchev–Trinajstić information content (AvgIpc) is 3.23. The van der Waals surface area contributed by atoms with E-state index < -0.39 is 0 Å². The molecule has 1 unspecified atom stereocenters. The maximum atomic E-state index is 12.3. The number of nitrogens with zero attached hydrogens (tertiary/aromatic N) is 3. The summed E-state index contributed by atoms with van der Waals surface area (Å²) in [6.07, 6.45) is 4.83. The summed E-state index contributed by atoms with van der Waals surface area (Å²) in [5, 5.41) is 6.23. The largest absolute Gasteiger partial charge is 0.371 e. The second-order valence-corrected chi connectivity index (χ2v) is 8.80. The fourth-order valence-electron chi connectivity index (χ4n) is 4.17. The van der Waals surface area contributed by atoms with E-state index >= 15 is 0 Å². The highest BCUT2D eigenvalue weighted by molar-refractivity contribution is 9.10. The van der Waals surface area contributed by atoms with Crippen molar-refractivity contribution in [3.8, 4) is 0 Å². The second kappa shape index (κ2) is 9.48. The molecule has 2 aliphatic heterocycles. The highest BCUT2D eigenvalue weighted by Gasteiger charge is 2.25. The van der Waals surface area contributed by atoms with E-state index in [-0.39, 0.29) is 12.1 Å². The summed E-state index contributed by atoms with van der Waals surface area (Å²) in [4.78, 5) is 21.4. The summed E-state index contributed by atoms with van der Waals surface area (Å²) in [6, 6.07) is 14.6. The average molecular weight is 458 g/mol. The van der Waals surface area contributed by atoms with Gasteiger partial charge in [-0.3, -0.25) is 0 Å². The SMILES string of the molecule is O=C(NCC1CCN(c2cccc(Br)c2)C1)NC1CCN(c2ccccn2)CC1. The van der Waals surface area contributed by atoms with Crippen molar-refractivity contribution < 1.29 is 4.79 Å². The number of rotatable bonds is 5. The molecule has 2 fully saturated rings. The van der Waals surface area contributed by atoms with Crippen LogP contribution in [0.15, 0.2) is 53.1 Å². The number of hydrogen-bond donors (Lipinski definition) is 2. The lowest BCUT2D eigenvalue weighted by atomic mass is 10.1. The van der Waals surface area contributed by atoms with Gasteiger partial charge in [-0.2, -0.15) is 0 Å². The summed E-state index contributed by atoms with van der Waals surface area (Å²) < 4.78 is 1.10.